The highest BCUT2D eigenvalue weighted by atomic mass is 79.9. The molecule has 0 spiro atoms. The highest BCUT2D eigenvalue weighted by molar-refractivity contribution is 9.10. The van der Waals surface area contributed by atoms with Crippen LogP contribution in [0.4, 0.5) is 11.5 Å². The highest BCUT2D eigenvalue weighted by Crippen LogP contribution is 2.28. The second-order valence-corrected chi connectivity index (χ2v) is 6.88. The quantitative estimate of drug-likeness (QED) is 0.693. The van der Waals surface area contributed by atoms with Crippen molar-refractivity contribution in [1.29, 1.82) is 0 Å². The summed E-state index contributed by atoms with van der Waals surface area (Å²) >= 11 is 3.61. The maximum Gasteiger partial charge on any atom is 0.132 e. The smallest absolute Gasteiger partial charge is 0.132 e. The molecule has 1 saturated heterocycles. The largest absolute Gasteiger partial charge is 0.378 e. The van der Waals surface area contributed by atoms with Gasteiger partial charge in [-0.25, -0.2) is 9.97 Å². The Balaban J connectivity index is 1.50. The fraction of sp³-hybridized carbons (Fsp3) is 0.263. The topological polar surface area (TPSA) is 55.2 Å². The second-order valence-electron chi connectivity index (χ2n) is 6.02. The fourth-order valence-corrected chi connectivity index (χ4v) is 3.50. The van der Waals surface area contributed by atoms with Crippen LogP contribution in [0, 0.1) is 0 Å². The number of rotatable bonds is 5. The summed E-state index contributed by atoms with van der Waals surface area (Å²) in [7, 11) is 0. The summed E-state index contributed by atoms with van der Waals surface area (Å²) in [5.41, 5.74) is 2.23. The first kappa shape index (κ1) is 17.1. The van der Waals surface area contributed by atoms with Crippen LogP contribution in [0.5, 0.6) is 0 Å². The van der Waals surface area contributed by atoms with Gasteiger partial charge >= 0.3 is 0 Å². The molecule has 1 aromatic carbocycles. The molecular weight excluding hydrogens is 394 g/mol. The number of nitrogens with one attached hydrogen (secondary N) is 1. The number of morpholine rings is 1. The zero-order valence-corrected chi connectivity index (χ0v) is 15.9. The van der Waals surface area contributed by atoms with Crippen molar-refractivity contribution in [1.82, 2.24) is 14.5 Å². The standard InChI is InChI=1S/C19H20BrN5O/c20-16-13-22-18(12-17(16)24-8-10-26-11-9-24)23-14-19-21-6-7-25(19)15-4-2-1-3-5-15/h1-7,12-13H,8-11,14H2,(H,22,23). The van der Waals surface area contributed by atoms with E-state index in [2.05, 4.69) is 58.9 Å². The Kier molecular flexibility index (Phi) is 5.17. The van der Waals surface area contributed by atoms with Crippen molar-refractivity contribution in [3.8, 4) is 5.69 Å². The van der Waals surface area contributed by atoms with Crippen molar-refractivity contribution in [3.63, 3.8) is 0 Å². The van der Waals surface area contributed by atoms with Crippen molar-refractivity contribution in [2.24, 2.45) is 0 Å². The van der Waals surface area contributed by atoms with Gasteiger partial charge < -0.3 is 19.5 Å². The average molecular weight is 414 g/mol. The van der Waals surface area contributed by atoms with E-state index in [1.54, 1.807) is 0 Å². The van der Waals surface area contributed by atoms with E-state index in [-0.39, 0.29) is 0 Å². The van der Waals surface area contributed by atoms with E-state index in [1.165, 1.54) is 0 Å². The normalized spacial score (nSPS) is 14.4. The zero-order chi connectivity index (χ0) is 17.8. The number of aromatic nitrogens is 3. The molecule has 1 aliphatic heterocycles. The van der Waals surface area contributed by atoms with Gasteiger partial charge in [0.2, 0.25) is 0 Å². The van der Waals surface area contributed by atoms with Crippen LogP contribution in [0.25, 0.3) is 5.69 Å². The van der Waals surface area contributed by atoms with Crippen molar-refractivity contribution in [3.05, 3.63) is 65.3 Å². The first-order valence-electron chi connectivity index (χ1n) is 8.61. The van der Waals surface area contributed by atoms with Crippen molar-refractivity contribution < 1.29 is 4.74 Å². The van der Waals surface area contributed by atoms with Crippen LogP contribution in [-0.2, 0) is 11.3 Å². The molecule has 26 heavy (non-hydrogen) atoms. The number of halogens is 1. The predicted molar refractivity (Wildman–Crippen MR) is 106 cm³/mol. The zero-order valence-electron chi connectivity index (χ0n) is 14.3. The molecular formula is C19H20BrN5O. The number of imidazole rings is 1. The van der Waals surface area contributed by atoms with Crippen LogP contribution in [-0.4, -0.2) is 40.8 Å². The van der Waals surface area contributed by atoms with Crippen LogP contribution in [0.1, 0.15) is 5.82 Å². The van der Waals surface area contributed by atoms with E-state index in [0.717, 1.165) is 53.8 Å². The molecule has 7 heteroatoms. The van der Waals surface area contributed by atoms with Crippen LogP contribution < -0.4 is 10.2 Å². The summed E-state index contributed by atoms with van der Waals surface area (Å²) < 4.78 is 8.52. The summed E-state index contributed by atoms with van der Waals surface area (Å²) in [6.07, 6.45) is 5.63. The number of ether oxygens (including phenoxy) is 1. The van der Waals surface area contributed by atoms with E-state index >= 15 is 0 Å². The molecule has 3 aromatic rings. The molecule has 0 radical (unpaired) electrons. The Hall–Kier alpha value is -2.38. The van der Waals surface area contributed by atoms with Crippen molar-refractivity contribution >= 4 is 27.4 Å². The first-order chi connectivity index (χ1) is 12.8. The predicted octanol–water partition coefficient (Wildman–Crippen LogP) is 3.48. The Bertz CT molecular complexity index is 861. The molecule has 3 heterocycles. The molecule has 0 amide bonds. The third kappa shape index (κ3) is 3.73. The number of nitrogens with zero attached hydrogens (tertiary/aromatic N) is 4. The van der Waals surface area contributed by atoms with Gasteiger partial charge in [-0.3, -0.25) is 0 Å². The van der Waals surface area contributed by atoms with Gasteiger partial charge in [0.15, 0.2) is 0 Å². The molecule has 6 nitrogen and oxygen atoms in total. The van der Waals surface area contributed by atoms with E-state index in [4.69, 9.17) is 4.74 Å². The fourth-order valence-electron chi connectivity index (χ4n) is 3.03. The van der Waals surface area contributed by atoms with Crippen LogP contribution in [0.2, 0.25) is 0 Å². The molecule has 1 N–H and O–H groups in total. The number of hydrogen-bond acceptors (Lipinski definition) is 5. The molecule has 4 rings (SSSR count). The van der Waals surface area contributed by atoms with Crippen molar-refractivity contribution in [2.75, 3.05) is 36.5 Å². The summed E-state index contributed by atoms with van der Waals surface area (Å²) in [5.74, 6) is 1.77. The van der Waals surface area contributed by atoms with Gasteiger partial charge in [-0.05, 0) is 28.1 Å². The molecule has 0 atom stereocenters. The minimum atomic E-state index is 0.596. The maximum atomic E-state index is 5.44. The van der Waals surface area contributed by atoms with Gasteiger partial charge in [-0.15, -0.1) is 0 Å². The summed E-state index contributed by atoms with van der Waals surface area (Å²) in [5, 5.41) is 3.39. The monoisotopic (exact) mass is 413 g/mol. The van der Waals surface area contributed by atoms with Gasteiger partial charge in [-0.2, -0.15) is 0 Å². The van der Waals surface area contributed by atoms with E-state index < -0.39 is 0 Å². The van der Waals surface area contributed by atoms with E-state index in [9.17, 15) is 0 Å². The molecule has 0 unspecified atom stereocenters. The lowest BCUT2D eigenvalue weighted by atomic mass is 10.3. The molecule has 0 bridgehead atoms. The van der Waals surface area contributed by atoms with Gasteiger partial charge in [0.25, 0.3) is 0 Å². The third-order valence-corrected chi connectivity index (χ3v) is 4.98. The van der Waals surface area contributed by atoms with Crippen LogP contribution in [0.3, 0.4) is 0 Å². The number of anilines is 2. The number of pyridine rings is 1. The minimum Gasteiger partial charge on any atom is -0.378 e. The Morgan fingerprint density at radius 1 is 1.12 bits per heavy atom. The Morgan fingerprint density at radius 3 is 2.73 bits per heavy atom. The van der Waals surface area contributed by atoms with E-state index in [1.807, 2.05) is 36.8 Å². The lowest BCUT2D eigenvalue weighted by molar-refractivity contribution is 0.122. The Labute approximate surface area is 161 Å². The Morgan fingerprint density at radius 2 is 1.92 bits per heavy atom. The maximum absolute atomic E-state index is 5.44. The van der Waals surface area contributed by atoms with Gasteiger partial charge in [0, 0.05) is 43.4 Å². The summed E-state index contributed by atoms with van der Waals surface area (Å²) in [6, 6.07) is 12.3. The first-order valence-corrected chi connectivity index (χ1v) is 9.40. The highest BCUT2D eigenvalue weighted by Gasteiger charge is 2.15. The van der Waals surface area contributed by atoms with E-state index in [0.29, 0.717) is 6.54 Å². The van der Waals surface area contributed by atoms with Gasteiger partial charge in [0.1, 0.15) is 11.6 Å². The lowest BCUT2D eigenvalue weighted by Crippen LogP contribution is -2.36. The average Bonchev–Trinajstić information content (AvgIpc) is 3.17. The molecule has 134 valence electrons. The third-order valence-electron chi connectivity index (χ3n) is 4.37. The minimum absolute atomic E-state index is 0.596. The summed E-state index contributed by atoms with van der Waals surface area (Å²) in [4.78, 5) is 11.3. The molecule has 1 fully saturated rings. The molecule has 0 aliphatic carbocycles. The number of hydrogen-bond donors (Lipinski definition) is 1. The lowest BCUT2D eigenvalue weighted by Gasteiger charge is -2.29. The van der Waals surface area contributed by atoms with Gasteiger partial charge in [0.05, 0.1) is 29.9 Å². The molecule has 0 saturated carbocycles. The molecule has 2 aromatic heterocycles. The van der Waals surface area contributed by atoms with Gasteiger partial charge in [-0.1, -0.05) is 18.2 Å². The second kappa shape index (κ2) is 7.88. The SMILES string of the molecule is Brc1cnc(NCc2nccn2-c2ccccc2)cc1N1CCOCC1. The molecule has 1 aliphatic rings. The van der Waals surface area contributed by atoms with Crippen molar-refractivity contribution in [2.45, 2.75) is 6.54 Å². The number of para-hydroxylation sites is 1. The number of benzene rings is 1. The van der Waals surface area contributed by atoms with Crippen LogP contribution in [0.15, 0.2) is 59.5 Å². The summed E-state index contributed by atoms with van der Waals surface area (Å²) in [6.45, 7) is 3.89. The van der Waals surface area contributed by atoms with Crippen LogP contribution >= 0.6 is 15.9 Å².